The molecule has 8 nitrogen and oxygen atoms in total. The van der Waals surface area contributed by atoms with Crippen LogP contribution in [0.15, 0.2) is 42.7 Å². The number of anilines is 2. The second-order valence-corrected chi connectivity index (χ2v) is 8.76. The van der Waals surface area contributed by atoms with Gasteiger partial charge in [-0.3, -0.25) is 9.69 Å². The van der Waals surface area contributed by atoms with E-state index in [1.807, 2.05) is 31.2 Å². The molecule has 1 aliphatic heterocycles. The van der Waals surface area contributed by atoms with Crippen LogP contribution < -0.4 is 14.8 Å². The number of piperidine rings is 1. The van der Waals surface area contributed by atoms with Crippen molar-refractivity contribution in [3.63, 3.8) is 0 Å². The number of carbonyl (C=O) groups is 1. The molecule has 0 spiro atoms. The summed E-state index contributed by atoms with van der Waals surface area (Å²) in [6, 6.07) is 12.2. The Kier molecular flexibility index (Phi) is 8.36. The van der Waals surface area contributed by atoms with Crippen molar-refractivity contribution in [1.29, 1.82) is 0 Å². The zero-order chi connectivity index (χ0) is 24.6. The van der Waals surface area contributed by atoms with Crippen LogP contribution in [-0.4, -0.2) is 60.8 Å². The second-order valence-electron chi connectivity index (χ2n) is 8.76. The maximum atomic E-state index is 11.7. The molecular weight excluding hydrogens is 444 g/mol. The molecule has 3 aromatic rings. The number of methoxy groups -OCH3 is 1. The molecule has 1 aromatic heterocycles. The van der Waals surface area contributed by atoms with Crippen molar-refractivity contribution < 1.29 is 19.0 Å². The van der Waals surface area contributed by atoms with Gasteiger partial charge in [-0.2, -0.15) is 0 Å². The summed E-state index contributed by atoms with van der Waals surface area (Å²) in [5.74, 6) is 2.30. The molecule has 2 aromatic carbocycles. The van der Waals surface area contributed by atoms with E-state index in [0.29, 0.717) is 37.2 Å². The molecule has 0 unspecified atom stereocenters. The van der Waals surface area contributed by atoms with E-state index >= 15 is 0 Å². The number of hydrogen-bond acceptors (Lipinski definition) is 8. The van der Waals surface area contributed by atoms with Crippen LogP contribution in [0.1, 0.15) is 32.3 Å². The molecule has 1 aliphatic rings. The van der Waals surface area contributed by atoms with Crippen LogP contribution in [0.5, 0.6) is 11.5 Å². The lowest BCUT2D eigenvalue weighted by Gasteiger charge is -2.31. The molecular formula is C27H34N4O4. The van der Waals surface area contributed by atoms with Gasteiger partial charge < -0.3 is 19.5 Å². The van der Waals surface area contributed by atoms with Crippen LogP contribution >= 0.6 is 0 Å². The van der Waals surface area contributed by atoms with Crippen molar-refractivity contribution in [1.82, 2.24) is 14.9 Å². The fourth-order valence-corrected chi connectivity index (χ4v) is 4.35. The summed E-state index contributed by atoms with van der Waals surface area (Å²) in [4.78, 5) is 22.8. The Morgan fingerprint density at radius 3 is 2.69 bits per heavy atom. The molecule has 8 heteroatoms. The fraction of sp³-hybridized carbons (Fsp3) is 0.444. The highest BCUT2D eigenvalue weighted by molar-refractivity contribution is 5.93. The molecule has 0 saturated carbocycles. The summed E-state index contributed by atoms with van der Waals surface area (Å²) >= 11 is 0. The van der Waals surface area contributed by atoms with Gasteiger partial charge in [0, 0.05) is 17.1 Å². The van der Waals surface area contributed by atoms with Crippen molar-refractivity contribution in [3.8, 4) is 11.5 Å². The minimum atomic E-state index is -0.156. The van der Waals surface area contributed by atoms with Crippen molar-refractivity contribution in [2.24, 2.45) is 5.92 Å². The number of aromatic nitrogens is 2. The molecule has 186 valence electrons. The first-order chi connectivity index (χ1) is 17.1. The number of benzene rings is 2. The number of carbonyl (C=O) groups excluding carboxylic acids is 1. The minimum Gasteiger partial charge on any atom is -0.493 e. The Hall–Kier alpha value is -3.39. The van der Waals surface area contributed by atoms with Gasteiger partial charge in [0.2, 0.25) is 0 Å². The molecule has 35 heavy (non-hydrogen) atoms. The van der Waals surface area contributed by atoms with Gasteiger partial charge in [0.25, 0.3) is 0 Å². The monoisotopic (exact) mass is 478 g/mol. The topological polar surface area (TPSA) is 85.8 Å². The predicted octanol–water partition coefficient (Wildman–Crippen LogP) is 4.60. The molecule has 0 amide bonds. The lowest BCUT2D eigenvalue weighted by atomic mass is 9.98. The number of fused-ring (bicyclic) bond motifs is 1. The molecule has 1 saturated heterocycles. The number of aryl methyl sites for hydroxylation is 1. The Labute approximate surface area is 206 Å². The third kappa shape index (κ3) is 6.39. The summed E-state index contributed by atoms with van der Waals surface area (Å²) in [6.07, 6.45) is 4.47. The van der Waals surface area contributed by atoms with Crippen LogP contribution in [-0.2, 0) is 16.0 Å². The lowest BCUT2D eigenvalue weighted by Crippen LogP contribution is -2.39. The van der Waals surface area contributed by atoms with E-state index < -0.39 is 0 Å². The molecule has 1 fully saturated rings. The normalized spacial score (nSPS) is 14.6. The van der Waals surface area contributed by atoms with Gasteiger partial charge in [-0.05, 0) is 69.0 Å². The molecule has 2 heterocycles. The lowest BCUT2D eigenvalue weighted by molar-refractivity contribution is -0.144. The van der Waals surface area contributed by atoms with Crippen molar-refractivity contribution >= 4 is 28.4 Å². The Morgan fingerprint density at radius 2 is 1.94 bits per heavy atom. The largest absolute Gasteiger partial charge is 0.493 e. The van der Waals surface area contributed by atoms with Crippen LogP contribution in [0.25, 0.3) is 10.9 Å². The van der Waals surface area contributed by atoms with E-state index in [-0.39, 0.29) is 5.97 Å². The zero-order valence-corrected chi connectivity index (χ0v) is 20.8. The Morgan fingerprint density at radius 1 is 1.11 bits per heavy atom. The number of esters is 1. The minimum absolute atomic E-state index is 0.156. The van der Waals surface area contributed by atoms with Crippen LogP contribution in [0.4, 0.5) is 11.5 Å². The quantitative estimate of drug-likeness (QED) is 0.423. The van der Waals surface area contributed by atoms with Crippen LogP contribution in [0.2, 0.25) is 0 Å². The van der Waals surface area contributed by atoms with Crippen molar-refractivity contribution in [3.05, 3.63) is 48.3 Å². The van der Waals surface area contributed by atoms with Gasteiger partial charge in [-0.1, -0.05) is 19.1 Å². The van der Waals surface area contributed by atoms with Crippen LogP contribution in [0, 0.1) is 5.92 Å². The Bertz CT molecular complexity index is 1150. The Balaban J connectivity index is 1.45. The average Bonchev–Trinajstić information content (AvgIpc) is 2.88. The summed E-state index contributed by atoms with van der Waals surface area (Å²) < 4.78 is 16.9. The van der Waals surface area contributed by atoms with E-state index in [2.05, 4.69) is 39.2 Å². The van der Waals surface area contributed by atoms with E-state index in [1.165, 1.54) is 5.56 Å². The molecule has 0 bridgehead atoms. The number of nitrogens with one attached hydrogen (secondary N) is 1. The summed E-state index contributed by atoms with van der Waals surface area (Å²) in [6.45, 7) is 7.06. The van der Waals surface area contributed by atoms with Gasteiger partial charge in [0.1, 0.15) is 12.1 Å². The molecule has 1 N–H and O–H groups in total. The standard InChI is InChI=1S/C27H34N4O4/c1-4-19-7-6-8-21(13-19)30-27-22-14-25(24(33-3)15-23(22)28-18-29-27)35-17-20-9-11-31(12-10-20)16-26(32)34-5-2/h6-8,13-15,18,20H,4-5,9-12,16-17H2,1-3H3,(H,28,29,30). The predicted molar refractivity (Wildman–Crippen MR) is 136 cm³/mol. The summed E-state index contributed by atoms with van der Waals surface area (Å²) in [5, 5.41) is 4.30. The van der Waals surface area contributed by atoms with Gasteiger partial charge in [0.15, 0.2) is 11.5 Å². The number of likely N-dealkylation sites (tertiary alicyclic amines) is 1. The maximum Gasteiger partial charge on any atom is 0.320 e. The number of rotatable bonds is 10. The van der Waals surface area contributed by atoms with Gasteiger partial charge >= 0.3 is 5.97 Å². The third-order valence-corrected chi connectivity index (χ3v) is 6.36. The summed E-state index contributed by atoms with van der Waals surface area (Å²) in [7, 11) is 1.64. The maximum absolute atomic E-state index is 11.7. The highest BCUT2D eigenvalue weighted by Crippen LogP contribution is 2.35. The third-order valence-electron chi connectivity index (χ3n) is 6.36. The fourth-order valence-electron chi connectivity index (χ4n) is 4.35. The van der Waals surface area contributed by atoms with E-state index in [9.17, 15) is 4.79 Å². The first-order valence-electron chi connectivity index (χ1n) is 12.3. The average molecular weight is 479 g/mol. The highest BCUT2D eigenvalue weighted by atomic mass is 16.5. The van der Waals surface area contributed by atoms with E-state index in [4.69, 9.17) is 14.2 Å². The van der Waals surface area contributed by atoms with E-state index in [1.54, 1.807) is 13.4 Å². The SMILES string of the molecule is CCOC(=O)CN1CCC(COc2cc3c(Nc4cccc(CC)c4)ncnc3cc2OC)CC1. The first-order valence-corrected chi connectivity index (χ1v) is 12.3. The second kappa shape index (κ2) is 11.8. The van der Waals surface area contributed by atoms with Gasteiger partial charge in [0.05, 0.1) is 32.4 Å². The molecule has 0 atom stereocenters. The molecule has 0 aliphatic carbocycles. The smallest absolute Gasteiger partial charge is 0.320 e. The van der Waals surface area contributed by atoms with Crippen molar-refractivity contribution in [2.45, 2.75) is 33.1 Å². The number of ether oxygens (including phenoxy) is 3. The number of nitrogens with zero attached hydrogens (tertiary/aromatic N) is 3. The first kappa shape index (κ1) is 24.7. The molecule has 0 radical (unpaired) electrons. The van der Waals surface area contributed by atoms with Gasteiger partial charge in [-0.25, -0.2) is 9.97 Å². The van der Waals surface area contributed by atoms with E-state index in [0.717, 1.165) is 54.8 Å². The van der Waals surface area contributed by atoms with Gasteiger partial charge in [-0.15, -0.1) is 0 Å². The zero-order valence-electron chi connectivity index (χ0n) is 20.8. The van der Waals surface area contributed by atoms with Crippen LogP contribution in [0.3, 0.4) is 0 Å². The number of hydrogen-bond donors (Lipinski definition) is 1. The van der Waals surface area contributed by atoms with Crippen molar-refractivity contribution in [2.75, 3.05) is 45.3 Å². The molecule has 4 rings (SSSR count). The highest BCUT2D eigenvalue weighted by Gasteiger charge is 2.22. The summed E-state index contributed by atoms with van der Waals surface area (Å²) in [5.41, 5.74) is 3.02.